The van der Waals surface area contributed by atoms with E-state index < -0.39 is 0 Å². The van der Waals surface area contributed by atoms with E-state index in [2.05, 4.69) is 38.2 Å². The predicted molar refractivity (Wildman–Crippen MR) is 100 cm³/mol. The van der Waals surface area contributed by atoms with E-state index in [0.29, 0.717) is 12.6 Å². The van der Waals surface area contributed by atoms with Crippen LogP contribution in [0.2, 0.25) is 0 Å². The Morgan fingerprint density at radius 3 is 2.25 bits per heavy atom. The molecule has 2 rings (SSSR count). The Morgan fingerprint density at radius 2 is 1.62 bits per heavy atom. The molecule has 130 valence electrons. The van der Waals surface area contributed by atoms with E-state index in [4.69, 9.17) is 9.47 Å². The van der Waals surface area contributed by atoms with Crippen LogP contribution in [0.1, 0.15) is 20.3 Å². The van der Waals surface area contributed by atoms with Crippen molar-refractivity contribution in [2.75, 3.05) is 32.6 Å². The highest BCUT2D eigenvalue weighted by atomic mass is 16.5. The number of rotatable bonds is 9. The molecule has 4 heteroatoms. The van der Waals surface area contributed by atoms with Crippen LogP contribution in [0.3, 0.4) is 0 Å². The SMILES string of the molecule is CC(C)Nc1ccc(Oc2ccccc2OCCCN(C)C)cc1. The molecule has 0 aliphatic heterocycles. The topological polar surface area (TPSA) is 33.7 Å². The van der Waals surface area contributed by atoms with Crippen molar-refractivity contribution in [3.05, 3.63) is 48.5 Å². The second kappa shape index (κ2) is 9.18. The summed E-state index contributed by atoms with van der Waals surface area (Å²) in [5.74, 6) is 2.32. The molecule has 0 heterocycles. The molecule has 2 aromatic carbocycles. The Morgan fingerprint density at radius 1 is 0.958 bits per heavy atom. The van der Waals surface area contributed by atoms with Crippen LogP contribution in [0, 0.1) is 0 Å². The Balaban J connectivity index is 1.96. The van der Waals surface area contributed by atoms with Crippen molar-refractivity contribution in [3.8, 4) is 17.2 Å². The average molecular weight is 328 g/mol. The van der Waals surface area contributed by atoms with Gasteiger partial charge in [0, 0.05) is 18.3 Å². The van der Waals surface area contributed by atoms with Gasteiger partial charge in [0.15, 0.2) is 11.5 Å². The van der Waals surface area contributed by atoms with Crippen LogP contribution in [0.5, 0.6) is 17.2 Å². The summed E-state index contributed by atoms with van der Waals surface area (Å²) in [4.78, 5) is 2.15. The molecular formula is C20H28N2O2. The van der Waals surface area contributed by atoms with E-state index in [0.717, 1.165) is 35.9 Å². The van der Waals surface area contributed by atoms with Crippen LogP contribution in [0.25, 0.3) is 0 Å². The third-order valence-corrected chi connectivity index (χ3v) is 3.39. The maximum absolute atomic E-state index is 5.98. The van der Waals surface area contributed by atoms with E-state index in [1.54, 1.807) is 0 Å². The summed E-state index contributed by atoms with van der Waals surface area (Å²) in [5.41, 5.74) is 1.09. The van der Waals surface area contributed by atoms with Gasteiger partial charge in [-0.15, -0.1) is 0 Å². The van der Waals surface area contributed by atoms with Crippen LogP contribution >= 0.6 is 0 Å². The summed E-state index contributed by atoms with van der Waals surface area (Å²) in [6, 6.07) is 16.2. The number of para-hydroxylation sites is 2. The fourth-order valence-corrected chi connectivity index (χ4v) is 2.30. The van der Waals surface area contributed by atoms with E-state index in [1.807, 2.05) is 48.5 Å². The number of anilines is 1. The molecule has 0 amide bonds. The van der Waals surface area contributed by atoms with Gasteiger partial charge < -0.3 is 19.7 Å². The van der Waals surface area contributed by atoms with E-state index >= 15 is 0 Å². The first-order chi connectivity index (χ1) is 11.5. The van der Waals surface area contributed by atoms with E-state index in [9.17, 15) is 0 Å². The lowest BCUT2D eigenvalue weighted by atomic mass is 10.2. The van der Waals surface area contributed by atoms with Crippen LogP contribution in [0.15, 0.2) is 48.5 Å². The predicted octanol–water partition coefficient (Wildman–Crippen LogP) is 4.63. The minimum absolute atomic E-state index is 0.410. The number of benzene rings is 2. The van der Waals surface area contributed by atoms with Gasteiger partial charge in [-0.3, -0.25) is 0 Å². The van der Waals surface area contributed by atoms with Gasteiger partial charge in [-0.05, 0) is 70.8 Å². The summed E-state index contributed by atoms with van der Waals surface area (Å²) in [6.45, 7) is 5.92. The number of hydrogen-bond acceptors (Lipinski definition) is 4. The lowest BCUT2D eigenvalue weighted by molar-refractivity contribution is 0.272. The maximum Gasteiger partial charge on any atom is 0.169 e. The first kappa shape index (κ1) is 18.1. The Labute approximate surface area is 145 Å². The Bertz CT molecular complexity index is 609. The quantitative estimate of drug-likeness (QED) is 0.681. The van der Waals surface area contributed by atoms with Gasteiger partial charge in [-0.2, -0.15) is 0 Å². The van der Waals surface area contributed by atoms with Gasteiger partial charge in [0.25, 0.3) is 0 Å². The smallest absolute Gasteiger partial charge is 0.169 e. The molecule has 0 atom stereocenters. The third-order valence-electron chi connectivity index (χ3n) is 3.39. The number of hydrogen-bond donors (Lipinski definition) is 1. The van der Waals surface area contributed by atoms with Crippen molar-refractivity contribution in [2.45, 2.75) is 26.3 Å². The summed E-state index contributed by atoms with van der Waals surface area (Å²) in [6.07, 6.45) is 0.983. The van der Waals surface area contributed by atoms with Gasteiger partial charge in [0.2, 0.25) is 0 Å². The van der Waals surface area contributed by atoms with Crippen molar-refractivity contribution in [1.82, 2.24) is 4.90 Å². The van der Waals surface area contributed by atoms with Gasteiger partial charge in [0.1, 0.15) is 5.75 Å². The van der Waals surface area contributed by atoms with Gasteiger partial charge >= 0.3 is 0 Å². The van der Waals surface area contributed by atoms with Crippen molar-refractivity contribution in [1.29, 1.82) is 0 Å². The molecule has 0 bridgehead atoms. The zero-order chi connectivity index (χ0) is 17.4. The molecule has 4 nitrogen and oxygen atoms in total. The summed E-state index contributed by atoms with van der Waals surface area (Å²) < 4.78 is 11.9. The highest BCUT2D eigenvalue weighted by Crippen LogP contribution is 2.31. The molecule has 0 aliphatic rings. The van der Waals surface area contributed by atoms with Crippen LogP contribution in [-0.2, 0) is 0 Å². The van der Waals surface area contributed by atoms with Crippen LogP contribution < -0.4 is 14.8 Å². The Kier molecular flexibility index (Phi) is 6.94. The summed E-state index contributed by atoms with van der Waals surface area (Å²) >= 11 is 0. The number of nitrogens with one attached hydrogen (secondary N) is 1. The normalized spacial score (nSPS) is 10.9. The molecule has 0 radical (unpaired) electrons. The standard InChI is InChI=1S/C20H28N2O2/c1-16(2)21-17-10-12-18(13-11-17)24-20-9-6-5-8-19(20)23-15-7-14-22(3)4/h5-6,8-13,16,21H,7,14-15H2,1-4H3. The molecule has 0 saturated carbocycles. The van der Waals surface area contributed by atoms with Gasteiger partial charge in [-0.25, -0.2) is 0 Å². The first-order valence-electron chi connectivity index (χ1n) is 8.45. The fourth-order valence-electron chi connectivity index (χ4n) is 2.30. The second-order valence-corrected chi connectivity index (χ2v) is 6.38. The van der Waals surface area contributed by atoms with E-state index in [1.165, 1.54) is 0 Å². The van der Waals surface area contributed by atoms with Crippen LogP contribution in [-0.4, -0.2) is 38.2 Å². The minimum Gasteiger partial charge on any atom is -0.490 e. The maximum atomic E-state index is 5.98. The lowest BCUT2D eigenvalue weighted by Crippen LogP contribution is -2.15. The van der Waals surface area contributed by atoms with E-state index in [-0.39, 0.29) is 0 Å². The highest BCUT2D eigenvalue weighted by molar-refractivity contribution is 5.49. The highest BCUT2D eigenvalue weighted by Gasteiger charge is 2.06. The number of nitrogens with zero attached hydrogens (tertiary/aromatic N) is 1. The largest absolute Gasteiger partial charge is 0.490 e. The molecule has 0 fully saturated rings. The zero-order valence-corrected chi connectivity index (χ0v) is 15.1. The molecule has 0 saturated heterocycles. The molecule has 0 spiro atoms. The third kappa shape index (κ3) is 6.13. The molecule has 1 N–H and O–H groups in total. The summed E-state index contributed by atoms with van der Waals surface area (Å²) in [7, 11) is 4.13. The lowest BCUT2D eigenvalue weighted by Gasteiger charge is -2.14. The molecule has 24 heavy (non-hydrogen) atoms. The molecule has 2 aromatic rings. The molecular weight excluding hydrogens is 300 g/mol. The first-order valence-corrected chi connectivity index (χ1v) is 8.45. The Hall–Kier alpha value is -2.20. The molecule has 0 unspecified atom stereocenters. The van der Waals surface area contributed by atoms with Crippen molar-refractivity contribution >= 4 is 5.69 Å². The molecule has 0 aromatic heterocycles. The second-order valence-electron chi connectivity index (χ2n) is 6.38. The fraction of sp³-hybridized carbons (Fsp3) is 0.400. The average Bonchev–Trinajstić information content (AvgIpc) is 2.54. The zero-order valence-electron chi connectivity index (χ0n) is 15.1. The summed E-state index contributed by atoms with van der Waals surface area (Å²) in [5, 5.41) is 3.37. The van der Waals surface area contributed by atoms with Gasteiger partial charge in [-0.1, -0.05) is 12.1 Å². The van der Waals surface area contributed by atoms with Crippen molar-refractivity contribution < 1.29 is 9.47 Å². The van der Waals surface area contributed by atoms with Crippen molar-refractivity contribution in [2.24, 2.45) is 0 Å². The van der Waals surface area contributed by atoms with Crippen LogP contribution in [0.4, 0.5) is 5.69 Å². The monoisotopic (exact) mass is 328 g/mol. The van der Waals surface area contributed by atoms with Gasteiger partial charge in [0.05, 0.1) is 6.61 Å². The number of ether oxygens (including phenoxy) is 2. The minimum atomic E-state index is 0.410. The van der Waals surface area contributed by atoms with Crippen molar-refractivity contribution in [3.63, 3.8) is 0 Å². The molecule has 0 aliphatic carbocycles.